The lowest BCUT2D eigenvalue weighted by atomic mass is 9.58. The highest BCUT2D eigenvalue weighted by Crippen LogP contribution is 2.73. The van der Waals surface area contributed by atoms with Crippen LogP contribution in [0.15, 0.2) is 35.9 Å². The fourth-order valence-electron chi connectivity index (χ4n) is 8.30. The van der Waals surface area contributed by atoms with Gasteiger partial charge < -0.3 is 14.4 Å². The number of hydrogen-bond donors (Lipinski definition) is 0. The van der Waals surface area contributed by atoms with Crippen LogP contribution in [0.3, 0.4) is 0 Å². The minimum Gasteiger partial charge on any atom is -0.468 e. The summed E-state index contributed by atoms with van der Waals surface area (Å²) in [5.41, 5.74) is 2.43. The lowest BCUT2D eigenvalue weighted by Gasteiger charge is -2.61. The first-order chi connectivity index (χ1) is 14.4. The van der Waals surface area contributed by atoms with Crippen LogP contribution in [0.4, 0.5) is 5.69 Å². The quantitative estimate of drug-likeness (QED) is 0.553. The Kier molecular flexibility index (Phi) is 3.48. The molecule has 1 aromatic carbocycles. The predicted octanol–water partition coefficient (Wildman–Crippen LogP) is 2.27. The molecule has 7 rings (SSSR count). The van der Waals surface area contributed by atoms with Crippen molar-refractivity contribution in [2.75, 3.05) is 25.6 Å². The second-order valence-corrected chi connectivity index (χ2v) is 9.64. The number of methoxy groups -OCH3 is 1. The van der Waals surface area contributed by atoms with Gasteiger partial charge in [0.05, 0.1) is 18.6 Å². The first kappa shape index (κ1) is 18.4. The van der Waals surface area contributed by atoms with Crippen LogP contribution in [-0.2, 0) is 24.5 Å². The Morgan fingerprint density at radius 1 is 1.27 bits per heavy atom. The largest absolute Gasteiger partial charge is 0.468 e. The molecule has 5 heterocycles. The number of anilines is 1. The number of likely N-dealkylation sites (N-methyl/N-ethyl adjacent to an activating group) is 1. The van der Waals surface area contributed by atoms with Crippen LogP contribution in [0.2, 0.25) is 0 Å². The van der Waals surface area contributed by atoms with Gasteiger partial charge in [-0.3, -0.25) is 14.5 Å². The fourth-order valence-corrected chi connectivity index (χ4v) is 8.30. The Bertz CT molecular complexity index is 1000. The van der Waals surface area contributed by atoms with E-state index in [-0.39, 0.29) is 29.9 Å². The van der Waals surface area contributed by atoms with E-state index < -0.39 is 16.9 Å². The van der Waals surface area contributed by atoms with Crippen molar-refractivity contribution in [1.29, 1.82) is 0 Å². The Hall–Kier alpha value is -2.34. The molecule has 158 valence electrons. The molecular formula is C24H28N2O4. The SMILES string of the molecule is C/C=C1\CN2[C@H]3C[C@@]45c6ccccc6N(C)[C@@H]4[C@@H]2C[C@@H]1[C@@]3(C(=O)OC)C5OC(C)=O. The number of carbonyl (C=O) groups excluding carboxylic acids is 2. The van der Waals surface area contributed by atoms with Gasteiger partial charge in [-0.2, -0.15) is 0 Å². The summed E-state index contributed by atoms with van der Waals surface area (Å²) in [6.07, 6.45) is 3.33. The molecule has 6 heteroatoms. The molecule has 5 fully saturated rings. The molecule has 2 unspecified atom stereocenters. The normalized spacial score (nSPS) is 45.5. The third-order valence-corrected chi connectivity index (χ3v) is 8.97. The number of benzene rings is 1. The van der Waals surface area contributed by atoms with Gasteiger partial charge in [-0.15, -0.1) is 0 Å². The van der Waals surface area contributed by atoms with Crippen molar-refractivity contribution in [3.05, 3.63) is 41.5 Å². The summed E-state index contributed by atoms with van der Waals surface area (Å²) in [5, 5.41) is 0. The highest BCUT2D eigenvalue weighted by Gasteiger charge is 2.84. The zero-order valence-electron chi connectivity index (χ0n) is 17.9. The van der Waals surface area contributed by atoms with Crippen molar-refractivity contribution in [2.45, 2.75) is 56.3 Å². The molecule has 0 radical (unpaired) electrons. The summed E-state index contributed by atoms with van der Waals surface area (Å²) in [4.78, 5) is 31.0. The van der Waals surface area contributed by atoms with Crippen LogP contribution in [0.5, 0.6) is 0 Å². The molecular weight excluding hydrogens is 380 g/mol. The topological polar surface area (TPSA) is 59.1 Å². The lowest BCUT2D eigenvalue weighted by molar-refractivity contribution is -0.187. The van der Waals surface area contributed by atoms with Crippen LogP contribution in [-0.4, -0.2) is 61.8 Å². The lowest BCUT2D eigenvalue weighted by Crippen LogP contribution is -2.71. The minimum absolute atomic E-state index is 0.0255. The molecule has 1 aromatic rings. The Labute approximate surface area is 176 Å². The Morgan fingerprint density at radius 3 is 2.73 bits per heavy atom. The maximum Gasteiger partial charge on any atom is 0.317 e. The number of para-hydroxylation sites is 1. The van der Waals surface area contributed by atoms with Gasteiger partial charge in [0.25, 0.3) is 0 Å². The summed E-state index contributed by atoms with van der Waals surface area (Å²) in [6.45, 7) is 4.40. The van der Waals surface area contributed by atoms with E-state index in [2.05, 4.69) is 54.1 Å². The summed E-state index contributed by atoms with van der Waals surface area (Å²) in [7, 11) is 3.63. The van der Waals surface area contributed by atoms with Gasteiger partial charge in [0.15, 0.2) is 0 Å². The number of esters is 2. The molecule has 4 saturated heterocycles. The highest BCUT2D eigenvalue weighted by atomic mass is 16.6. The van der Waals surface area contributed by atoms with E-state index in [1.165, 1.54) is 30.9 Å². The average Bonchev–Trinajstić information content (AvgIpc) is 3.14. The van der Waals surface area contributed by atoms with Gasteiger partial charge in [-0.25, -0.2) is 0 Å². The molecule has 0 amide bonds. The van der Waals surface area contributed by atoms with Gasteiger partial charge in [-0.05, 0) is 31.4 Å². The second kappa shape index (κ2) is 5.67. The summed E-state index contributed by atoms with van der Waals surface area (Å²) < 4.78 is 11.7. The van der Waals surface area contributed by atoms with Gasteiger partial charge >= 0.3 is 11.9 Å². The molecule has 1 aliphatic carbocycles. The fraction of sp³-hybridized carbons (Fsp3) is 0.583. The zero-order valence-corrected chi connectivity index (χ0v) is 17.9. The molecule has 6 nitrogen and oxygen atoms in total. The van der Waals surface area contributed by atoms with Crippen molar-refractivity contribution < 1.29 is 19.1 Å². The number of allylic oxidation sites excluding steroid dienone is 1. The van der Waals surface area contributed by atoms with Crippen molar-refractivity contribution in [3.8, 4) is 0 Å². The maximum absolute atomic E-state index is 13.7. The Balaban J connectivity index is 1.69. The maximum atomic E-state index is 13.7. The van der Waals surface area contributed by atoms with Crippen molar-refractivity contribution in [3.63, 3.8) is 0 Å². The van der Waals surface area contributed by atoms with Crippen LogP contribution < -0.4 is 4.90 Å². The Morgan fingerprint density at radius 2 is 2.03 bits per heavy atom. The summed E-state index contributed by atoms with van der Waals surface area (Å²) in [5.74, 6) is -0.506. The molecule has 5 bridgehead atoms. The average molecular weight is 408 g/mol. The number of piperidine rings is 4. The number of ether oxygens (including phenoxy) is 2. The third-order valence-electron chi connectivity index (χ3n) is 8.97. The van der Waals surface area contributed by atoms with Gasteiger partial charge in [-0.1, -0.05) is 29.8 Å². The van der Waals surface area contributed by atoms with Crippen molar-refractivity contribution >= 4 is 17.6 Å². The van der Waals surface area contributed by atoms with Gasteiger partial charge in [0.2, 0.25) is 0 Å². The van der Waals surface area contributed by atoms with Gasteiger partial charge in [0.1, 0.15) is 11.5 Å². The first-order valence-corrected chi connectivity index (χ1v) is 10.9. The summed E-state index contributed by atoms with van der Waals surface area (Å²) >= 11 is 0. The molecule has 8 atom stereocenters. The van der Waals surface area contributed by atoms with Crippen molar-refractivity contribution in [1.82, 2.24) is 4.90 Å². The monoisotopic (exact) mass is 408 g/mol. The molecule has 1 saturated carbocycles. The highest BCUT2D eigenvalue weighted by molar-refractivity contribution is 5.85. The molecule has 0 N–H and O–H groups in total. The van der Waals surface area contributed by atoms with Crippen LogP contribution in [0, 0.1) is 11.3 Å². The van der Waals surface area contributed by atoms with E-state index in [1.807, 2.05) is 0 Å². The van der Waals surface area contributed by atoms with Crippen LogP contribution >= 0.6 is 0 Å². The van der Waals surface area contributed by atoms with Crippen LogP contribution in [0.25, 0.3) is 0 Å². The van der Waals surface area contributed by atoms with Gasteiger partial charge in [0, 0.05) is 44.2 Å². The summed E-state index contributed by atoms with van der Waals surface area (Å²) in [6, 6.07) is 8.99. The first-order valence-electron chi connectivity index (χ1n) is 10.9. The number of nitrogens with zero attached hydrogens (tertiary/aromatic N) is 2. The predicted molar refractivity (Wildman–Crippen MR) is 111 cm³/mol. The van der Waals surface area contributed by atoms with E-state index in [4.69, 9.17) is 9.47 Å². The van der Waals surface area contributed by atoms with Crippen LogP contribution in [0.1, 0.15) is 32.3 Å². The van der Waals surface area contributed by atoms with E-state index in [0.717, 1.165) is 19.4 Å². The smallest absolute Gasteiger partial charge is 0.317 e. The molecule has 6 aliphatic rings. The van der Waals surface area contributed by atoms with E-state index in [1.54, 1.807) is 0 Å². The molecule has 5 aliphatic heterocycles. The third kappa shape index (κ3) is 1.71. The van der Waals surface area contributed by atoms with Crippen molar-refractivity contribution in [2.24, 2.45) is 11.3 Å². The number of rotatable bonds is 2. The number of fused-ring (bicyclic) bond motifs is 2. The van der Waals surface area contributed by atoms with E-state index in [9.17, 15) is 9.59 Å². The molecule has 1 spiro atoms. The number of carbonyl (C=O) groups is 2. The standard InChI is InChI=1S/C24H28N2O4/c1-5-14-12-26-18-10-16(14)24(22(28)29-4)19(26)11-23(21(24)30-13(2)27)15-8-6-7-9-17(15)25(3)20(18)23/h5-9,16,18-21H,10-12H2,1-4H3/b14-5+/t16-,18-,19-,20+,21?,23+,24-/m0/s1. The molecule has 0 aromatic heterocycles. The van der Waals surface area contributed by atoms with E-state index in [0.29, 0.717) is 6.04 Å². The van der Waals surface area contributed by atoms with E-state index >= 15 is 0 Å². The number of hydrogen-bond acceptors (Lipinski definition) is 6. The minimum atomic E-state index is -0.857. The zero-order chi connectivity index (χ0) is 21.0. The molecule has 30 heavy (non-hydrogen) atoms. The second-order valence-electron chi connectivity index (χ2n) is 9.64.